The lowest BCUT2D eigenvalue weighted by atomic mass is 10.1. The summed E-state index contributed by atoms with van der Waals surface area (Å²) < 4.78 is 14.7. The molecule has 5 heteroatoms. The predicted octanol–water partition coefficient (Wildman–Crippen LogP) is 5.70. The fourth-order valence-electron chi connectivity index (χ4n) is 2.16. The van der Waals surface area contributed by atoms with Crippen molar-refractivity contribution in [3.05, 3.63) is 36.4 Å². The van der Waals surface area contributed by atoms with Crippen molar-refractivity contribution in [3.63, 3.8) is 0 Å². The van der Waals surface area contributed by atoms with Gasteiger partial charge in [0.1, 0.15) is 0 Å². The highest BCUT2D eigenvalue weighted by atomic mass is 31.2. The van der Waals surface area contributed by atoms with Crippen LogP contribution in [0.4, 0.5) is 0 Å². The standard InChI is InChI=1S/C12H27O4P.C6H6/c1-2-3-4-5-6-7-8-9-10-11-12-16-17(13,14)15;1-2-4-6-5-3-1/h2-12H2,1H3,(H2,13,14,15);1-6H. The van der Waals surface area contributed by atoms with Crippen LogP contribution in [0.2, 0.25) is 0 Å². The molecule has 2 N–H and O–H groups in total. The summed E-state index contributed by atoms with van der Waals surface area (Å²) in [6.45, 7) is 2.39. The van der Waals surface area contributed by atoms with E-state index in [2.05, 4.69) is 11.4 Å². The summed E-state index contributed by atoms with van der Waals surface area (Å²) in [4.78, 5) is 16.9. The Morgan fingerprint density at radius 1 is 0.696 bits per heavy atom. The zero-order valence-corrected chi connectivity index (χ0v) is 15.3. The van der Waals surface area contributed by atoms with E-state index in [0.717, 1.165) is 19.3 Å². The van der Waals surface area contributed by atoms with Crippen molar-refractivity contribution < 1.29 is 18.9 Å². The molecule has 0 aliphatic rings. The van der Waals surface area contributed by atoms with Gasteiger partial charge in [-0.25, -0.2) is 4.57 Å². The number of phosphoric ester groups is 1. The van der Waals surface area contributed by atoms with Gasteiger partial charge in [-0.15, -0.1) is 0 Å². The third kappa shape index (κ3) is 21.3. The third-order valence-corrected chi connectivity index (χ3v) is 3.94. The van der Waals surface area contributed by atoms with Gasteiger partial charge in [0.25, 0.3) is 0 Å². The Morgan fingerprint density at radius 3 is 1.39 bits per heavy atom. The van der Waals surface area contributed by atoms with E-state index in [4.69, 9.17) is 9.79 Å². The number of hydrogen-bond acceptors (Lipinski definition) is 2. The average molecular weight is 344 g/mol. The SMILES string of the molecule is CCCCCCCCCCCCOP(=O)(O)O.c1ccccc1. The van der Waals surface area contributed by atoms with E-state index in [1.54, 1.807) is 0 Å². The van der Waals surface area contributed by atoms with E-state index in [0.29, 0.717) is 0 Å². The summed E-state index contributed by atoms with van der Waals surface area (Å²) in [6, 6.07) is 12.0. The number of unbranched alkanes of at least 4 members (excludes halogenated alkanes) is 9. The fourth-order valence-corrected chi connectivity index (χ4v) is 2.52. The lowest BCUT2D eigenvalue weighted by Crippen LogP contribution is -1.92. The Balaban J connectivity index is 0.000000664. The molecule has 1 rings (SSSR count). The lowest BCUT2D eigenvalue weighted by molar-refractivity contribution is 0.193. The fraction of sp³-hybridized carbons (Fsp3) is 0.667. The van der Waals surface area contributed by atoms with Crippen molar-refractivity contribution in [3.8, 4) is 0 Å². The van der Waals surface area contributed by atoms with Crippen molar-refractivity contribution in [1.29, 1.82) is 0 Å². The molecule has 1 aromatic carbocycles. The van der Waals surface area contributed by atoms with E-state index < -0.39 is 7.82 Å². The van der Waals surface area contributed by atoms with Crippen LogP contribution in [0.1, 0.15) is 71.1 Å². The molecule has 0 saturated carbocycles. The molecule has 0 radical (unpaired) electrons. The zero-order chi connectivity index (χ0) is 17.2. The van der Waals surface area contributed by atoms with Gasteiger partial charge in [-0.2, -0.15) is 0 Å². The molecule has 0 amide bonds. The van der Waals surface area contributed by atoms with Gasteiger partial charge in [-0.1, -0.05) is 101 Å². The number of hydrogen-bond donors (Lipinski definition) is 2. The van der Waals surface area contributed by atoms with Gasteiger partial charge in [0, 0.05) is 0 Å². The van der Waals surface area contributed by atoms with Crippen molar-refractivity contribution in [2.75, 3.05) is 6.61 Å². The molecule has 0 spiro atoms. The highest BCUT2D eigenvalue weighted by Gasteiger charge is 2.12. The molecule has 0 aliphatic carbocycles. The molecular formula is C18H33O4P. The van der Waals surface area contributed by atoms with Gasteiger partial charge in [0.2, 0.25) is 0 Å². The van der Waals surface area contributed by atoms with Crippen molar-refractivity contribution in [2.24, 2.45) is 0 Å². The van der Waals surface area contributed by atoms with Gasteiger partial charge in [0.15, 0.2) is 0 Å². The second kappa shape index (κ2) is 16.2. The maximum Gasteiger partial charge on any atom is 0.469 e. The highest BCUT2D eigenvalue weighted by molar-refractivity contribution is 7.46. The summed E-state index contributed by atoms with van der Waals surface area (Å²) in [5, 5.41) is 0. The Bertz CT molecular complexity index is 351. The Kier molecular flexibility index (Phi) is 15.7. The molecular weight excluding hydrogens is 311 g/mol. The van der Waals surface area contributed by atoms with Crippen LogP contribution in [0.5, 0.6) is 0 Å². The first-order valence-corrected chi connectivity index (χ1v) is 10.3. The Labute approximate surface area is 141 Å². The molecule has 0 atom stereocenters. The van der Waals surface area contributed by atoms with E-state index in [-0.39, 0.29) is 6.61 Å². The average Bonchev–Trinajstić information content (AvgIpc) is 2.54. The molecule has 4 nitrogen and oxygen atoms in total. The molecule has 0 unspecified atom stereocenters. The Hall–Kier alpha value is -0.670. The molecule has 23 heavy (non-hydrogen) atoms. The second-order valence-electron chi connectivity index (χ2n) is 5.66. The van der Waals surface area contributed by atoms with Crippen molar-refractivity contribution in [1.82, 2.24) is 0 Å². The first-order valence-electron chi connectivity index (χ1n) is 8.76. The van der Waals surface area contributed by atoms with Gasteiger partial charge in [-0.05, 0) is 6.42 Å². The van der Waals surface area contributed by atoms with Crippen molar-refractivity contribution in [2.45, 2.75) is 71.1 Å². The van der Waals surface area contributed by atoms with Crippen LogP contribution in [0, 0.1) is 0 Å². The number of benzene rings is 1. The molecule has 0 fully saturated rings. The number of rotatable bonds is 12. The summed E-state index contributed by atoms with van der Waals surface area (Å²) in [6.07, 6.45) is 12.0. The number of phosphoric acid groups is 1. The summed E-state index contributed by atoms with van der Waals surface area (Å²) >= 11 is 0. The summed E-state index contributed by atoms with van der Waals surface area (Å²) in [7, 11) is -4.24. The van der Waals surface area contributed by atoms with Crippen LogP contribution in [0.15, 0.2) is 36.4 Å². The molecule has 0 heterocycles. The minimum Gasteiger partial charge on any atom is -0.303 e. The third-order valence-electron chi connectivity index (χ3n) is 3.42. The zero-order valence-electron chi connectivity index (χ0n) is 14.4. The van der Waals surface area contributed by atoms with E-state index in [1.807, 2.05) is 36.4 Å². The van der Waals surface area contributed by atoms with E-state index in [1.165, 1.54) is 44.9 Å². The van der Waals surface area contributed by atoms with Crippen molar-refractivity contribution >= 4 is 7.82 Å². The van der Waals surface area contributed by atoms with Crippen LogP contribution in [0.3, 0.4) is 0 Å². The minimum absolute atomic E-state index is 0.167. The van der Waals surface area contributed by atoms with Crippen LogP contribution in [0.25, 0.3) is 0 Å². The minimum atomic E-state index is -4.24. The van der Waals surface area contributed by atoms with Gasteiger partial charge < -0.3 is 9.79 Å². The quantitative estimate of drug-likeness (QED) is 0.377. The van der Waals surface area contributed by atoms with E-state index >= 15 is 0 Å². The largest absolute Gasteiger partial charge is 0.469 e. The first-order chi connectivity index (χ1) is 11.1. The molecule has 0 aliphatic heterocycles. The monoisotopic (exact) mass is 344 g/mol. The summed E-state index contributed by atoms with van der Waals surface area (Å²) in [5.41, 5.74) is 0. The molecule has 1 aromatic rings. The van der Waals surface area contributed by atoms with Crippen LogP contribution < -0.4 is 0 Å². The van der Waals surface area contributed by atoms with E-state index in [9.17, 15) is 4.57 Å². The maximum atomic E-state index is 10.4. The van der Waals surface area contributed by atoms with Crippen LogP contribution in [-0.2, 0) is 9.09 Å². The second-order valence-corrected chi connectivity index (χ2v) is 6.90. The normalized spacial score (nSPS) is 10.9. The van der Waals surface area contributed by atoms with Crippen LogP contribution in [-0.4, -0.2) is 16.4 Å². The molecule has 0 aromatic heterocycles. The highest BCUT2D eigenvalue weighted by Crippen LogP contribution is 2.35. The topological polar surface area (TPSA) is 66.8 Å². The van der Waals surface area contributed by atoms with Gasteiger partial charge in [0.05, 0.1) is 6.61 Å². The maximum absolute atomic E-state index is 10.4. The first kappa shape index (κ1) is 22.3. The van der Waals surface area contributed by atoms with Gasteiger partial charge >= 0.3 is 7.82 Å². The Morgan fingerprint density at radius 2 is 1.04 bits per heavy atom. The molecule has 0 saturated heterocycles. The van der Waals surface area contributed by atoms with Crippen LogP contribution >= 0.6 is 7.82 Å². The summed E-state index contributed by atoms with van der Waals surface area (Å²) in [5.74, 6) is 0. The molecule has 134 valence electrons. The predicted molar refractivity (Wildman–Crippen MR) is 96.3 cm³/mol. The lowest BCUT2D eigenvalue weighted by Gasteiger charge is -2.05. The molecule has 0 bridgehead atoms. The van der Waals surface area contributed by atoms with Gasteiger partial charge in [-0.3, -0.25) is 4.52 Å². The smallest absolute Gasteiger partial charge is 0.303 e.